The van der Waals surface area contributed by atoms with Crippen LogP contribution in [0.15, 0.2) is 42.5 Å². The van der Waals surface area contributed by atoms with Gasteiger partial charge in [-0.3, -0.25) is 9.59 Å². The number of rotatable bonds is 4. The molecular formula is C19H16ClNO4. The first kappa shape index (κ1) is 17.0. The van der Waals surface area contributed by atoms with Gasteiger partial charge in [0.2, 0.25) is 5.91 Å². The van der Waals surface area contributed by atoms with Gasteiger partial charge in [-0.15, -0.1) is 0 Å². The van der Waals surface area contributed by atoms with E-state index < -0.39 is 0 Å². The molecular weight excluding hydrogens is 342 g/mol. The molecule has 0 radical (unpaired) electrons. The molecule has 0 bridgehead atoms. The van der Waals surface area contributed by atoms with Crippen molar-refractivity contribution in [2.75, 3.05) is 18.5 Å². The molecule has 0 saturated heterocycles. The van der Waals surface area contributed by atoms with E-state index in [4.69, 9.17) is 21.1 Å². The highest BCUT2D eigenvalue weighted by molar-refractivity contribution is 6.32. The summed E-state index contributed by atoms with van der Waals surface area (Å²) in [5, 5.41) is 3.15. The number of nitrogens with one attached hydrogen (secondary N) is 1. The summed E-state index contributed by atoms with van der Waals surface area (Å²) in [5.41, 5.74) is 1.82. The molecule has 1 aliphatic rings. The lowest BCUT2D eigenvalue weighted by Gasteiger charge is -2.19. The summed E-state index contributed by atoms with van der Waals surface area (Å²) in [6, 6.07) is 10.2. The fraction of sp³-hybridized carbons (Fsp3) is 0.158. The lowest BCUT2D eigenvalue weighted by Crippen LogP contribution is -2.15. The van der Waals surface area contributed by atoms with Crippen LogP contribution in [-0.2, 0) is 4.79 Å². The highest BCUT2D eigenvalue weighted by Crippen LogP contribution is 2.38. The quantitative estimate of drug-likeness (QED) is 0.664. The fourth-order valence-electron chi connectivity index (χ4n) is 2.40. The van der Waals surface area contributed by atoms with Crippen molar-refractivity contribution in [1.29, 1.82) is 0 Å². The Kier molecular flexibility index (Phi) is 5.05. The topological polar surface area (TPSA) is 64.6 Å². The van der Waals surface area contributed by atoms with Crippen LogP contribution in [0.3, 0.4) is 0 Å². The van der Waals surface area contributed by atoms with Gasteiger partial charge >= 0.3 is 0 Å². The van der Waals surface area contributed by atoms with Gasteiger partial charge in [0.25, 0.3) is 0 Å². The van der Waals surface area contributed by atoms with Crippen LogP contribution in [0, 0.1) is 0 Å². The summed E-state index contributed by atoms with van der Waals surface area (Å²) >= 11 is 6.17. The Morgan fingerprint density at radius 1 is 1.16 bits per heavy atom. The fourth-order valence-corrected chi connectivity index (χ4v) is 2.67. The zero-order valence-electron chi connectivity index (χ0n) is 13.5. The molecule has 0 aromatic heterocycles. The molecule has 2 aromatic carbocycles. The van der Waals surface area contributed by atoms with Crippen molar-refractivity contribution in [2.24, 2.45) is 0 Å². The molecule has 25 heavy (non-hydrogen) atoms. The minimum Gasteiger partial charge on any atom is -0.486 e. The highest BCUT2D eigenvalue weighted by atomic mass is 35.5. The van der Waals surface area contributed by atoms with Crippen LogP contribution in [0.5, 0.6) is 11.5 Å². The zero-order chi connectivity index (χ0) is 17.8. The second-order valence-corrected chi connectivity index (χ2v) is 5.89. The lowest BCUT2D eigenvalue weighted by atomic mass is 10.1. The Balaban J connectivity index is 1.71. The van der Waals surface area contributed by atoms with Crippen molar-refractivity contribution in [2.45, 2.75) is 6.92 Å². The molecule has 1 heterocycles. The molecule has 5 nitrogen and oxygen atoms in total. The first-order chi connectivity index (χ1) is 12.0. The second kappa shape index (κ2) is 7.40. The van der Waals surface area contributed by atoms with Gasteiger partial charge in [-0.25, -0.2) is 0 Å². The SMILES string of the molecule is CC(=O)c1cccc(NC(=O)/C=C/c2cc(Cl)c3c(c2)OCCO3)c1. The number of Topliss-reactive ketones (excluding diaryl/α,β-unsaturated/α-hetero) is 1. The number of halogens is 1. The molecule has 3 rings (SSSR count). The maximum atomic E-state index is 12.1. The standard InChI is InChI=1S/C19H16ClNO4/c1-12(22)14-3-2-4-15(11-14)21-18(23)6-5-13-9-16(20)19-17(10-13)24-7-8-25-19/h2-6,9-11H,7-8H2,1H3,(H,21,23)/b6-5+. The largest absolute Gasteiger partial charge is 0.486 e. The number of hydrogen-bond acceptors (Lipinski definition) is 4. The van der Waals surface area contributed by atoms with Crippen LogP contribution in [0.25, 0.3) is 6.08 Å². The van der Waals surface area contributed by atoms with Gasteiger partial charge < -0.3 is 14.8 Å². The lowest BCUT2D eigenvalue weighted by molar-refractivity contribution is -0.111. The Hall–Kier alpha value is -2.79. The summed E-state index contributed by atoms with van der Waals surface area (Å²) < 4.78 is 11.0. The van der Waals surface area contributed by atoms with E-state index in [1.165, 1.54) is 13.0 Å². The van der Waals surface area contributed by atoms with Gasteiger partial charge in [0, 0.05) is 17.3 Å². The van der Waals surface area contributed by atoms with Gasteiger partial charge in [0.15, 0.2) is 17.3 Å². The maximum Gasteiger partial charge on any atom is 0.248 e. The number of benzene rings is 2. The number of hydrogen-bond donors (Lipinski definition) is 1. The molecule has 0 spiro atoms. The Bertz CT molecular complexity index is 860. The van der Waals surface area contributed by atoms with E-state index in [1.54, 1.807) is 42.5 Å². The van der Waals surface area contributed by atoms with Gasteiger partial charge in [-0.1, -0.05) is 23.7 Å². The van der Waals surface area contributed by atoms with E-state index >= 15 is 0 Å². The van der Waals surface area contributed by atoms with Gasteiger partial charge in [-0.05, 0) is 42.8 Å². The van der Waals surface area contributed by atoms with E-state index in [-0.39, 0.29) is 11.7 Å². The van der Waals surface area contributed by atoms with Crippen LogP contribution >= 0.6 is 11.6 Å². The Labute approximate surface area is 150 Å². The number of carbonyl (C=O) groups is 2. The third-order valence-electron chi connectivity index (χ3n) is 3.58. The van der Waals surface area contributed by atoms with Crippen molar-refractivity contribution in [3.63, 3.8) is 0 Å². The van der Waals surface area contributed by atoms with E-state index in [2.05, 4.69) is 5.32 Å². The van der Waals surface area contributed by atoms with Crippen molar-refractivity contribution in [3.8, 4) is 11.5 Å². The second-order valence-electron chi connectivity index (χ2n) is 5.49. The summed E-state index contributed by atoms with van der Waals surface area (Å²) in [6.45, 7) is 2.40. The molecule has 6 heteroatoms. The van der Waals surface area contributed by atoms with Crippen molar-refractivity contribution in [3.05, 3.63) is 58.6 Å². The number of carbonyl (C=O) groups excluding carboxylic acids is 2. The van der Waals surface area contributed by atoms with Crippen molar-refractivity contribution < 1.29 is 19.1 Å². The molecule has 1 amide bonds. The van der Waals surface area contributed by atoms with E-state index in [1.807, 2.05) is 0 Å². The number of ether oxygens (including phenoxy) is 2. The van der Waals surface area contributed by atoms with Gasteiger partial charge in [0.05, 0.1) is 5.02 Å². The molecule has 0 aliphatic carbocycles. The van der Waals surface area contributed by atoms with Crippen molar-refractivity contribution >= 4 is 35.1 Å². The van der Waals surface area contributed by atoms with E-state index in [0.717, 1.165) is 5.56 Å². The van der Waals surface area contributed by atoms with Crippen LogP contribution in [0.4, 0.5) is 5.69 Å². The van der Waals surface area contributed by atoms with E-state index in [0.29, 0.717) is 41.0 Å². The molecule has 0 saturated carbocycles. The molecule has 128 valence electrons. The molecule has 2 aromatic rings. The molecule has 0 fully saturated rings. The van der Waals surface area contributed by atoms with Crippen LogP contribution in [0.2, 0.25) is 5.02 Å². The zero-order valence-corrected chi connectivity index (χ0v) is 14.3. The first-order valence-corrected chi connectivity index (χ1v) is 8.10. The van der Waals surface area contributed by atoms with Crippen LogP contribution < -0.4 is 14.8 Å². The third kappa shape index (κ3) is 4.19. The average molecular weight is 358 g/mol. The van der Waals surface area contributed by atoms with Gasteiger partial charge in [-0.2, -0.15) is 0 Å². The minimum atomic E-state index is -0.313. The summed E-state index contributed by atoms with van der Waals surface area (Å²) in [7, 11) is 0. The van der Waals surface area contributed by atoms with Gasteiger partial charge in [0.1, 0.15) is 13.2 Å². The molecule has 1 aliphatic heterocycles. The Morgan fingerprint density at radius 2 is 1.96 bits per heavy atom. The molecule has 1 N–H and O–H groups in total. The smallest absolute Gasteiger partial charge is 0.248 e. The Morgan fingerprint density at radius 3 is 2.76 bits per heavy atom. The van der Waals surface area contributed by atoms with Crippen LogP contribution in [-0.4, -0.2) is 24.9 Å². The first-order valence-electron chi connectivity index (χ1n) is 7.72. The predicted octanol–water partition coefficient (Wildman–Crippen LogP) is 3.97. The van der Waals surface area contributed by atoms with Crippen molar-refractivity contribution in [1.82, 2.24) is 0 Å². The predicted molar refractivity (Wildman–Crippen MR) is 96.6 cm³/mol. The number of ketones is 1. The van der Waals surface area contributed by atoms with Crippen LogP contribution in [0.1, 0.15) is 22.8 Å². The minimum absolute atomic E-state index is 0.0578. The average Bonchev–Trinajstić information content (AvgIpc) is 2.60. The van der Waals surface area contributed by atoms with E-state index in [9.17, 15) is 9.59 Å². The maximum absolute atomic E-state index is 12.1. The number of anilines is 1. The summed E-state index contributed by atoms with van der Waals surface area (Å²) in [4.78, 5) is 23.5. The molecule has 0 unspecified atom stereocenters. The number of fused-ring (bicyclic) bond motifs is 1. The third-order valence-corrected chi connectivity index (χ3v) is 3.86. The summed E-state index contributed by atoms with van der Waals surface area (Å²) in [5.74, 6) is 0.716. The monoisotopic (exact) mass is 357 g/mol. The summed E-state index contributed by atoms with van der Waals surface area (Å²) in [6.07, 6.45) is 3.02. The number of amides is 1. The normalized spacial score (nSPS) is 12.9. The molecule has 0 atom stereocenters. The highest BCUT2D eigenvalue weighted by Gasteiger charge is 2.16.